The Labute approximate surface area is 127 Å². The van der Waals surface area contributed by atoms with Crippen LogP contribution in [0.15, 0.2) is 54.9 Å². The number of hydrogen-bond acceptors (Lipinski definition) is 2. The van der Waals surface area contributed by atoms with Gasteiger partial charge in [-0.05, 0) is 42.1 Å². The molecule has 1 fully saturated rings. The molecular weight excluding hydrogens is 256 g/mol. The highest BCUT2D eigenvalue weighted by Crippen LogP contribution is 2.28. The molecule has 1 aromatic heterocycles. The Morgan fingerprint density at radius 1 is 0.952 bits per heavy atom. The SMILES string of the molecule is c1ccc(C(NCCC2CCCC2)c2ccncc2)cc1. The van der Waals surface area contributed by atoms with Crippen molar-refractivity contribution in [2.75, 3.05) is 6.54 Å². The molecule has 0 spiro atoms. The van der Waals surface area contributed by atoms with Crippen molar-refractivity contribution in [1.82, 2.24) is 10.3 Å². The van der Waals surface area contributed by atoms with Crippen LogP contribution in [0.5, 0.6) is 0 Å². The fourth-order valence-corrected chi connectivity index (χ4v) is 3.36. The lowest BCUT2D eigenvalue weighted by Gasteiger charge is -2.21. The van der Waals surface area contributed by atoms with Crippen LogP contribution in [0.4, 0.5) is 0 Å². The van der Waals surface area contributed by atoms with E-state index in [0.29, 0.717) is 0 Å². The molecule has 2 aromatic rings. The lowest BCUT2D eigenvalue weighted by atomic mass is 9.98. The first-order valence-electron chi connectivity index (χ1n) is 8.12. The van der Waals surface area contributed by atoms with Gasteiger partial charge in [0, 0.05) is 12.4 Å². The average molecular weight is 280 g/mol. The monoisotopic (exact) mass is 280 g/mol. The standard InChI is InChI=1S/C19H24N2/c1-2-8-17(9-3-1)19(18-11-13-20-14-12-18)21-15-10-16-6-4-5-7-16/h1-3,8-9,11-14,16,19,21H,4-7,10,15H2. The molecule has 1 atom stereocenters. The van der Waals surface area contributed by atoms with E-state index in [-0.39, 0.29) is 6.04 Å². The van der Waals surface area contributed by atoms with Crippen molar-refractivity contribution in [3.8, 4) is 0 Å². The molecule has 0 amide bonds. The van der Waals surface area contributed by atoms with Gasteiger partial charge in [0.1, 0.15) is 0 Å². The lowest BCUT2D eigenvalue weighted by molar-refractivity contribution is 0.462. The molecule has 2 nitrogen and oxygen atoms in total. The average Bonchev–Trinajstić information content (AvgIpc) is 3.07. The van der Waals surface area contributed by atoms with Crippen LogP contribution in [0, 0.1) is 5.92 Å². The van der Waals surface area contributed by atoms with Gasteiger partial charge in [-0.2, -0.15) is 0 Å². The van der Waals surface area contributed by atoms with Gasteiger partial charge in [0.15, 0.2) is 0 Å². The third-order valence-electron chi connectivity index (χ3n) is 4.55. The maximum Gasteiger partial charge on any atom is 0.0577 e. The fraction of sp³-hybridized carbons (Fsp3) is 0.421. The van der Waals surface area contributed by atoms with Crippen molar-refractivity contribution >= 4 is 0 Å². The Morgan fingerprint density at radius 2 is 1.62 bits per heavy atom. The zero-order chi connectivity index (χ0) is 14.3. The van der Waals surface area contributed by atoms with Gasteiger partial charge in [-0.25, -0.2) is 0 Å². The van der Waals surface area contributed by atoms with E-state index in [1.807, 2.05) is 12.4 Å². The van der Waals surface area contributed by atoms with Crippen LogP contribution in [0.25, 0.3) is 0 Å². The van der Waals surface area contributed by atoms with Crippen molar-refractivity contribution < 1.29 is 0 Å². The summed E-state index contributed by atoms with van der Waals surface area (Å²) in [6.07, 6.45) is 10.8. The van der Waals surface area contributed by atoms with E-state index in [2.05, 4.69) is 52.8 Å². The number of aromatic nitrogens is 1. The summed E-state index contributed by atoms with van der Waals surface area (Å²) in [5, 5.41) is 3.75. The first-order valence-corrected chi connectivity index (χ1v) is 8.12. The van der Waals surface area contributed by atoms with Crippen LogP contribution in [0.2, 0.25) is 0 Å². The molecule has 1 aromatic carbocycles. The predicted molar refractivity (Wildman–Crippen MR) is 87.1 cm³/mol. The van der Waals surface area contributed by atoms with E-state index in [4.69, 9.17) is 0 Å². The number of pyridine rings is 1. The highest BCUT2D eigenvalue weighted by Gasteiger charge is 2.17. The number of benzene rings is 1. The van der Waals surface area contributed by atoms with Crippen LogP contribution >= 0.6 is 0 Å². The maximum atomic E-state index is 4.14. The van der Waals surface area contributed by atoms with Gasteiger partial charge in [-0.1, -0.05) is 56.0 Å². The lowest BCUT2D eigenvalue weighted by Crippen LogP contribution is -2.24. The quantitative estimate of drug-likeness (QED) is 0.851. The summed E-state index contributed by atoms with van der Waals surface area (Å²) in [6, 6.07) is 15.2. The minimum absolute atomic E-state index is 0.274. The van der Waals surface area contributed by atoms with E-state index < -0.39 is 0 Å². The van der Waals surface area contributed by atoms with E-state index in [0.717, 1.165) is 12.5 Å². The van der Waals surface area contributed by atoms with Gasteiger partial charge < -0.3 is 5.32 Å². The maximum absolute atomic E-state index is 4.14. The Balaban J connectivity index is 1.67. The summed E-state index contributed by atoms with van der Waals surface area (Å²) in [5.41, 5.74) is 2.62. The molecule has 110 valence electrons. The molecule has 0 radical (unpaired) electrons. The number of hydrogen-bond donors (Lipinski definition) is 1. The molecule has 0 bridgehead atoms. The topological polar surface area (TPSA) is 24.9 Å². The minimum Gasteiger partial charge on any atom is -0.306 e. The molecule has 21 heavy (non-hydrogen) atoms. The summed E-state index contributed by atoms with van der Waals surface area (Å²) in [7, 11) is 0. The molecule has 1 aliphatic rings. The van der Waals surface area contributed by atoms with E-state index >= 15 is 0 Å². The van der Waals surface area contributed by atoms with E-state index in [9.17, 15) is 0 Å². The summed E-state index contributed by atoms with van der Waals surface area (Å²) in [5.74, 6) is 0.936. The van der Waals surface area contributed by atoms with Crippen molar-refractivity contribution in [2.24, 2.45) is 5.92 Å². The second-order valence-corrected chi connectivity index (χ2v) is 6.02. The molecule has 1 unspecified atom stereocenters. The van der Waals surface area contributed by atoms with Gasteiger partial charge in [-0.3, -0.25) is 4.98 Å². The Bertz CT molecular complexity index is 478. The summed E-state index contributed by atoms with van der Waals surface area (Å²) < 4.78 is 0. The summed E-state index contributed by atoms with van der Waals surface area (Å²) in [6.45, 7) is 1.09. The molecule has 3 rings (SSSR count). The highest BCUT2D eigenvalue weighted by atomic mass is 14.9. The largest absolute Gasteiger partial charge is 0.306 e. The summed E-state index contributed by atoms with van der Waals surface area (Å²) in [4.78, 5) is 4.14. The van der Waals surface area contributed by atoms with Crippen LogP contribution in [-0.2, 0) is 0 Å². The van der Waals surface area contributed by atoms with Gasteiger partial charge in [0.2, 0.25) is 0 Å². The van der Waals surface area contributed by atoms with E-state index in [1.165, 1.54) is 43.2 Å². The third kappa shape index (κ3) is 3.92. The number of nitrogens with one attached hydrogen (secondary N) is 1. The van der Waals surface area contributed by atoms with E-state index in [1.54, 1.807) is 0 Å². The van der Waals surface area contributed by atoms with Gasteiger partial charge in [-0.15, -0.1) is 0 Å². The van der Waals surface area contributed by atoms with Crippen molar-refractivity contribution in [3.63, 3.8) is 0 Å². The number of nitrogens with zero attached hydrogens (tertiary/aromatic N) is 1. The Hall–Kier alpha value is -1.67. The second-order valence-electron chi connectivity index (χ2n) is 6.02. The molecule has 1 N–H and O–H groups in total. The zero-order valence-corrected chi connectivity index (χ0v) is 12.5. The van der Waals surface area contributed by atoms with Crippen LogP contribution in [0.3, 0.4) is 0 Å². The summed E-state index contributed by atoms with van der Waals surface area (Å²) >= 11 is 0. The molecule has 1 saturated carbocycles. The third-order valence-corrected chi connectivity index (χ3v) is 4.55. The predicted octanol–water partition coefficient (Wildman–Crippen LogP) is 4.34. The Morgan fingerprint density at radius 3 is 2.33 bits per heavy atom. The molecule has 0 aliphatic heterocycles. The van der Waals surface area contributed by atoms with Crippen molar-refractivity contribution in [2.45, 2.75) is 38.1 Å². The number of rotatable bonds is 6. The second kappa shape index (κ2) is 7.37. The van der Waals surface area contributed by atoms with Gasteiger partial charge >= 0.3 is 0 Å². The van der Waals surface area contributed by atoms with Gasteiger partial charge in [0.25, 0.3) is 0 Å². The smallest absolute Gasteiger partial charge is 0.0577 e. The molecular formula is C19H24N2. The molecule has 1 heterocycles. The fourth-order valence-electron chi connectivity index (χ4n) is 3.36. The minimum atomic E-state index is 0.274. The van der Waals surface area contributed by atoms with Crippen LogP contribution in [0.1, 0.15) is 49.3 Å². The first kappa shape index (κ1) is 14.3. The van der Waals surface area contributed by atoms with Crippen LogP contribution < -0.4 is 5.32 Å². The van der Waals surface area contributed by atoms with Crippen molar-refractivity contribution in [3.05, 3.63) is 66.0 Å². The first-order chi connectivity index (χ1) is 10.4. The Kier molecular flexibility index (Phi) is 5.01. The molecule has 2 heteroatoms. The van der Waals surface area contributed by atoms with Crippen molar-refractivity contribution in [1.29, 1.82) is 0 Å². The highest BCUT2D eigenvalue weighted by molar-refractivity contribution is 5.30. The zero-order valence-electron chi connectivity index (χ0n) is 12.5. The molecule has 1 aliphatic carbocycles. The molecule has 0 saturated heterocycles. The van der Waals surface area contributed by atoms with Gasteiger partial charge in [0.05, 0.1) is 6.04 Å². The normalized spacial score (nSPS) is 17.0. The van der Waals surface area contributed by atoms with Crippen LogP contribution in [-0.4, -0.2) is 11.5 Å².